The molecule has 0 spiro atoms. The van der Waals surface area contributed by atoms with E-state index in [9.17, 15) is 4.79 Å². The number of nitrogens with one attached hydrogen (secondary N) is 1. The number of amides is 1. The second-order valence-corrected chi connectivity index (χ2v) is 6.77. The van der Waals surface area contributed by atoms with Crippen molar-refractivity contribution in [2.75, 3.05) is 47.4 Å². The number of hydrogen-bond donors (Lipinski definition) is 1. The SMILES string of the molecule is CCOC1CCN(C(=NC)NCCc2cccc(C(=O)N(C)C)c2)CC1.I. The quantitative estimate of drug-likeness (QED) is 0.380. The van der Waals surface area contributed by atoms with Crippen LogP contribution in [0.1, 0.15) is 35.7 Å². The summed E-state index contributed by atoms with van der Waals surface area (Å²) >= 11 is 0. The van der Waals surface area contributed by atoms with Gasteiger partial charge in [-0.05, 0) is 43.9 Å². The molecule has 1 aliphatic rings. The van der Waals surface area contributed by atoms with Gasteiger partial charge < -0.3 is 19.9 Å². The van der Waals surface area contributed by atoms with Gasteiger partial charge in [0.1, 0.15) is 0 Å². The van der Waals surface area contributed by atoms with E-state index in [0.29, 0.717) is 6.10 Å². The Labute approximate surface area is 180 Å². The minimum atomic E-state index is 0. The largest absolute Gasteiger partial charge is 0.378 e. The molecule has 0 aliphatic carbocycles. The van der Waals surface area contributed by atoms with Crippen molar-refractivity contribution in [1.29, 1.82) is 0 Å². The molecule has 7 heteroatoms. The van der Waals surface area contributed by atoms with E-state index in [0.717, 1.165) is 62.6 Å². The van der Waals surface area contributed by atoms with E-state index in [1.807, 2.05) is 32.2 Å². The van der Waals surface area contributed by atoms with Gasteiger partial charge in [-0.25, -0.2) is 0 Å². The number of likely N-dealkylation sites (tertiary alicyclic amines) is 1. The van der Waals surface area contributed by atoms with Crippen molar-refractivity contribution >= 4 is 35.8 Å². The van der Waals surface area contributed by atoms with E-state index >= 15 is 0 Å². The number of nitrogens with zero attached hydrogens (tertiary/aromatic N) is 3. The predicted molar refractivity (Wildman–Crippen MR) is 121 cm³/mol. The van der Waals surface area contributed by atoms with Crippen LogP contribution < -0.4 is 5.32 Å². The summed E-state index contributed by atoms with van der Waals surface area (Å²) in [5.74, 6) is 0.980. The molecule has 1 N–H and O–H groups in total. The lowest BCUT2D eigenvalue weighted by Gasteiger charge is -2.34. The summed E-state index contributed by atoms with van der Waals surface area (Å²) < 4.78 is 5.71. The number of piperidine rings is 1. The molecule has 0 unspecified atom stereocenters. The third-order valence-electron chi connectivity index (χ3n) is 4.63. The third-order valence-corrected chi connectivity index (χ3v) is 4.63. The molecule has 1 aromatic rings. The average Bonchev–Trinajstić information content (AvgIpc) is 2.66. The van der Waals surface area contributed by atoms with E-state index in [1.54, 1.807) is 19.0 Å². The lowest BCUT2D eigenvalue weighted by Crippen LogP contribution is -2.47. The molecule has 2 rings (SSSR count). The monoisotopic (exact) mass is 488 g/mol. The maximum Gasteiger partial charge on any atom is 0.253 e. The lowest BCUT2D eigenvalue weighted by molar-refractivity contribution is 0.0264. The summed E-state index contributed by atoms with van der Waals surface area (Å²) in [6, 6.07) is 7.84. The highest BCUT2D eigenvalue weighted by Crippen LogP contribution is 2.14. The minimum absolute atomic E-state index is 0. The molecule has 1 heterocycles. The second-order valence-electron chi connectivity index (χ2n) is 6.77. The Bertz CT molecular complexity index is 614. The smallest absolute Gasteiger partial charge is 0.253 e. The number of carbonyl (C=O) groups is 1. The Morgan fingerprint density at radius 1 is 1.33 bits per heavy atom. The molecule has 152 valence electrons. The molecule has 1 saturated heterocycles. The fourth-order valence-electron chi connectivity index (χ4n) is 3.24. The van der Waals surface area contributed by atoms with Gasteiger partial charge in [-0.15, -0.1) is 24.0 Å². The minimum Gasteiger partial charge on any atom is -0.378 e. The number of carbonyl (C=O) groups excluding carboxylic acids is 1. The van der Waals surface area contributed by atoms with Gasteiger partial charge in [-0.2, -0.15) is 0 Å². The van der Waals surface area contributed by atoms with Gasteiger partial charge in [0, 0.05) is 52.9 Å². The number of aliphatic imine (C=N–C) groups is 1. The van der Waals surface area contributed by atoms with Gasteiger partial charge in [0.15, 0.2) is 5.96 Å². The highest BCUT2D eigenvalue weighted by atomic mass is 127. The topological polar surface area (TPSA) is 57.2 Å². The molecule has 0 radical (unpaired) electrons. The molecule has 1 fully saturated rings. The van der Waals surface area contributed by atoms with Crippen molar-refractivity contribution in [3.05, 3.63) is 35.4 Å². The summed E-state index contributed by atoms with van der Waals surface area (Å²) in [5.41, 5.74) is 1.88. The van der Waals surface area contributed by atoms with Crippen LogP contribution in [0.25, 0.3) is 0 Å². The Morgan fingerprint density at radius 3 is 2.63 bits per heavy atom. The van der Waals surface area contributed by atoms with Crippen LogP contribution in [0.4, 0.5) is 0 Å². The lowest BCUT2D eigenvalue weighted by atomic mass is 10.1. The Kier molecular flexibility index (Phi) is 10.7. The van der Waals surface area contributed by atoms with Crippen molar-refractivity contribution in [2.24, 2.45) is 4.99 Å². The molecular weight excluding hydrogens is 455 g/mol. The molecule has 1 aromatic carbocycles. The van der Waals surface area contributed by atoms with Crippen molar-refractivity contribution < 1.29 is 9.53 Å². The van der Waals surface area contributed by atoms with Crippen LogP contribution in [0.3, 0.4) is 0 Å². The summed E-state index contributed by atoms with van der Waals surface area (Å²) in [6.45, 7) is 5.56. The van der Waals surface area contributed by atoms with Gasteiger partial charge in [0.05, 0.1) is 6.10 Å². The zero-order chi connectivity index (χ0) is 18.9. The van der Waals surface area contributed by atoms with E-state index < -0.39 is 0 Å². The van der Waals surface area contributed by atoms with Gasteiger partial charge in [0.2, 0.25) is 0 Å². The molecular formula is C20H33IN4O2. The van der Waals surface area contributed by atoms with Crippen LogP contribution in [0, 0.1) is 0 Å². The molecule has 6 nitrogen and oxygen atoms in total. The highest BCUT2D eigenvalue weighted by Gasteiger charge is 2.21. The fraction of sp³-hybridized carbons (Fsp3) is 0.600. The van der Waals surface area contributed by atoms with E-state index in [4.69, 9.17) is 4.74 Å². The third kappa shape index (κ3) is 7.29. The van der Waals surface area contributed by atoms with Gasteiger partial charge in [-0.3, -0.25) is 9.79 Å². The first-order chi connectivity index (χ1) is 12.5. The molecule has 1 amide bonds. The zero-order valence-corrected chi connectivity index (χ0v) is 19.2. The van der Waals surface area contributed by atoms with Crippen molar-refractivity contribution in [3.8, 4) is 0 Å². The Morgan fingerprint density at radius 2 is 2.04 bits per heavy atom. The first kappa shape index (κ1) is 23.7. The van der Waals surface area contributed by atoms with Crippen LogP contribution in [0.15, 0.2) is 29.3 Å². The number of hydrogen-bond acceptors (Lipinski definition) is 3. The predicted octanol–water partition coefficient (Wildman–Crippen LogP) is 2.63. The van der Waals surface area contributed by atoms with Crippen LogP contribution >= 0.6 is 24.0 Å². The fourth-order valence-corrected chi connectivity index (χ4v) is 3.24. The van der Waals surface area contributed by atoms with E-state index in [2.05, 4.69) is 21.3 Å². The highest BCUT2D eigenvalue weighted by molar-refractivity contribution is 14.0. The van der Waals surface area contributed by atoms with Crippen molar-refractivity contribution in [3.63, 3.8) is 0 Å². The molecule has 27 heavy (non-hydrogen) atoms. The van der Waals surface area contributed by atoms with Crippen molar-refractivity contribution in [2.45, 2.75) is 32.3 Å². The van der Waals surface area contributed by atoms with Crippen LogP contribution in [0.5, 0.6) is 0 Å². The number of guanidine groups is 1. The summed E-state index contributed by atoms with van der Waals surface area (Å²) in [7, 11) is 5.37. The summed E-state index contributed by atoms with van der Waals surface area (Å²) in [4.78, 5) is 20.4. The number of ether oxygens (including phenoxy) is 1. The van der Waals surface area contributed by atoms with Crippen LogP contribution in [-0.2, 0) is 11.2 Å². The van der Waals surface area contributed by atoms with E-state index in [1.165, 1.54) is 0 Å². The Balaban J connectivity index is 0.00000364. The standard InChI is InChI=1S/C20H32N4O2.HI/c1-5-26-18-10-13-24(14-11-18)20(21-2)22-12-9-16-7-6-8-17(15-16)19(25)23(3)4;/h6-8,15,18H,5,9-14H2,1-4H3,(H,21,22);1H. The van der Waals surface area contributed by atoms with Gasteiger partial charge in [0.25, 0.3) is 5.91 Å². The van der Waals surface area contributed by atoms with Crippen LogP contribution in [0.2, 0.25) is 0 Å². The van der Waals surface area contributed by atoms with Crippen molar-refractivity contribution in [1.82, 2.24) is 15.1 Å². The molecule has 1 aliphatic heterocycles. The maximum absolute atomic E-state index is 12.1. The Hall–Kier alpha value is -1.35. The number of rotatable bonds is 6. The first-order valence-corrected chi connectivity index (χ1v) is 9.43. The molecule has 0 aromatic heterocycles. The molecule has 0 saturated carbocycles. The molecule has 0 bridgehead atoms. The van der Waals surface area contributed by atoms with Gasteiger partial charge >= 0.3 is 0 Å². The number of benzene rings is 1. The average molecular weight is 488 g/mol. The first-order valence-electron chi connectivity index (χ1n) is 9.43. The van der Waals surface area contributed by atoms with E-state index in [-0.39, 0.29) is 29.9 Å². The molecule has 0 atom stereocenters. The van der Waals surface area contributed by atoms with Gasteiger partial charge in [-0.1, -0.05) is 12.1 Å². The van der Waals surface area contributed by atoms with Crippen LogP contribution in [-0.4, -0.2) is 75.2 Å². The second kappa shape index (κ2) is 12.2. The summed E-state index contributed by atoms with van der Waals surface area (Å²) in [5, 5.41) is 3.45. The number of halogens is 1. The summed E-state index contributed by atoms with van der Waals surface area (Å²) in [6.07, 6.45) is 3.32. The zero-order valence-electron chi connectivity index (χ0n) is 16.9. The maximum atomic E-state index is 12.1. The normalized spacial score (nSPS) is 15.3.